The summed E-state index contributed by atoms with van der Waals surface area (Å²) in [6.45, 7) is 9.25. The first-order chi connectivity index (χ1) is 8.71. The van der Waals surface area contributed by atoms with Crippen molar-refractivity contribution in [2.24, 2.45) is 0 Å². The molecule has 0 aliphatic rings. The van der Waals surface area contributed by atoms with Crippen LogP contribution in [0.5, 0.6) is 0 Å². The van der Waals surface area contributed by atoms with Gasteiger partial charge in [0.25, 0.3) is 0 Å². The zero-order valence-corrected chi connectivity index (χ0v) is 13.8. The highest BCUT2D eigenvalue weighted by atomic mass is 79.9. The molecule has 0 spiro atoms. The van der Waals surface area contributed by atoms with Gasteiger partial charge in [0, 0.05) is 22.7 Å². The van der Waals surface area contributed by atoms with Gasteiger partial charge in [0.1, 0.15) is 0 Å². The average molecular weight is 347 g/mol. The largest absolute Gasteiger partial charge is 0.398 e. The Kier molecular flexibility index (Phi) is 5.18. The molecule has 0 fully saturated rings. The Morgan fingerprint density at radius 2 is 2.05 bits per heavy atom. The standard InChI is InChI=1S/C13H19BrN2O2S/c1-5-6-16(9(2)3)19(17,18)13-8-11(14)7-12(15)10(13)4/h5,7-9H,1,6,15H2,2-4H3. The number of hydrogen-bond acceptors (Lipinski definition) is 3. The minimum Gasteiger partial charge on any atom is -0.398 e. The van der Waals surface area contributed by atoms with Gasteiger partial charge in [-0.15, -0.1) is 6.58 Å². The molecule has 0 aliphatic carbocycles. The first kappa shape index (κ1) is 16.2. The lowest BCUT2D eigenvalue weighted by atomic mass is 10.2. The van der Waals surface area contributed by atoms with Crippen LogP contribution >= 0.6 is 15.9 Å². The molecular weight excluding hydrogens is 328 g/mol. The Balaban J connectivity index is 3.45. The van der Waals surface area contributed by atoms with E-state index in [0.717, 1.165) is 0 Å². The maximum atomic E-state index is 12.7. The monoisotopic (exact) mass is 346 g/mol. The van der Waals surface area contributed by atoms with Crippen molar-refractivity contribution in [2.75, 3.05) is 12.3 Å². The Morgan fingerprint density at radius 3 is 2.53 bits per heavy atom. The number of nitrogen functional groups attached to an aromatic ring is 1. The van der Waals surface area contributed by atoms with E-state index in [-0.39, 0.29) is 17.5 Å². The third kappa shape index (κ3) is 3.38. The molecule has 1 aromatic rings. The lowest BCUT2D eigenvalue weighted by Crippen LogP contribution is -2.37. The van der Waals surface area contributed by atoms with Gasteiger partial charge in [-0.1, -0.05) is 22.0 Å². The Bertz CT molecular complexity index is 583. The maximum Gasteiger partial charge on any atom is 0.243 e. The number of benzene rings is 1. The van der Waals surface area contributed by atoms with Crippen LogP contribution < -0.4 is 5.73 Å². The van der Waals surface area contributed by atoms with Crippen LogP contribution in [0, 0.1) is 6.92 Å². The predicted molar refractivity (Wildman–Crippen MR) is 82.5 cm³/mol. The third-order valence-corrected chi connectivity index (χ3v) is 5.46. The number of rotatable bonds is 5. The summed E-state index contributed by atoms with van der Waals surface area (Å²) in [6.07, 6.45) is 1.58. The van der Waals surface area contributed by atoms with Crippen molar-refractivity contribution in [2.45, 2.75) is 31.7 Å². The van der Waals surface area contributed by atoms with E-state index in [1.165, 1.54) is 4.31 Å². The van der Waals surface area contributed by atoms with Crippen LogP contribution in [0.25, 0.3) is 0 Å². The maximum absolute atomic E-state index is 12.7. The molecule has 0 saturated heterocycles. The number of nitrogens with two attached hydrogens (primary N) is 1. The van der Waals surface area contributed by atoms with Crippen LogP contribution in [-0.2, 0) is 10.0 Å². The van der Waals surface area contributed by atoms with Gasteiger partial charge >= 0.3 is 0 Å². The Morgan fingerprint density at radius 1 is 1.47 bits per heavy atom. The van der Waals surface area contributed by atoms with Crippen molar-refractivity contribution in [3.8, 4) is 0 Å². The van der Waals surface area contributed by atoms with E-state index in [4.69, 9.17) is 5.73 Å². The van der Waals surface area contributed by atoms with Crippen LogP contribution in [0.15, 0.2) is 34.2 Å². The minimum absolute atomic E-state index is 0.150. The minimum atomic E-state index is -3.59. The summed E-state index contributed by atoms with van der Waals surface area (Å²) in [4.78, 5) is 0.231. The Labute approximate surface area is 123 Å². The fraction of sp³-hybridized carbons (Fsp3) is 0.385. The molecule has 1 rings (SSSR count). The molecule has 2 N–H and O–H groups in total. The van der Waals surface area contributed by atoms with E-state index in [0.29, 0.717) is 15.7 Å². The highest BCUT2D eigenvalue weighted by Gasteiger charge is 2.28. The summed E-state index contributed by atoms with van der Waals surface area (Å²) in [5.74, 6) is 0. The predicted octanol–water partition coefficient (Wildman–Crippen LogP) is 2.92. The molecule has 6 heteroatoms. The van der Waals surface area contributed by atoms with Crippen molar-refractivity contribution in [1.29, 1.82) is 0 Å². The molecule has 19 heavy (non-hydrogen) atoms. The molecule has 0 aliphatic heterocycles. The highest BCUT2D eigenvalue weighted by Crippen LogP contribution is 2.29. The molecule has 0 heterocycles. The molecule has 0 saturated carbocycles. The van der Waals surface area contributed by atoms with Gasteiger partial charge in [-0.3, -0.25) is 0 Å². The first-order valence-electron chi connectivity index (χ1n) is 5.90. The van der Waals surface area contributed by atoms with Gasteiger partial charge in [-0.05, 0) is 38.5 Å². The molecule has 1 aromatic carbocycles. The van der Waals surface area contributed by atoms with Gasteiger partial charge in [0.05, 0.1) is 4.90 Å². The van der Waals surface area contributed by atoms with Gasteiger partial charge in [-0.2, -0.15) is 4.31 Å². The van der Waals surface area contributed by atoms with Crippen molar-refractivity contribution in [3.63, 3.8) is 0 Å². The van der Waals surface area contributed by atoms with Crippen molar-refractivity contribution in [3.05, 3.63) is 34.8 Å². The number of hydrogen-bond donors (Lipinski definition) is 1. The van der Waals surface area contributed by atoms with Crippen LogP contribution in [-0.4, -0.2) is 25.3 Å². The lowest BCUT2D eigenvalue weighted by Gasteiger charge is -2.25. The quantitative estimate of drug-likeness (QED) is 0.658. The lowest BCUT2D eigenvalue weighted by molar-refractivity contribution is 0.382. The van der Waals surface area contributed by atoms with Crippen LogP contribution in [0.3, 0.4) is 0 Å². The SMILES string of the molecule is C=CCN(C(C)C)S(=O)(=O)c1cc(Br)cc(N)c1C. The number of sulfonamides is 1. The molecule has 0 unspecified atom stereocenters. The molecule has 4 nitrogen and oxygen atoms in total. The molecule has 0 amide bonds. The zero-order chi connectivity index (χ0) is 14.8. The second-order valence-electron chi connectivity index (χ2n) is 4.58. The molecule has 0 radical (unpaired) electrons. The molecule has 106 valence electrons. The number of halogens is 1. The number of anilines is 1. The summed E-state index contributed by atoms with van der Waals surface area (Å²) in [5, 5.41) is 0. The second-order valence-corrected chi connectivity index (χ2v) is 7.35. The summed E-state index contributed by atoms with van der Waals surface area (Å²) < 4.78 is 27.4. The average Bonchev–Trinajstić information content (AvgIpc) is 2.29. The van der Waals surface area contributed by atoms with Gasteiger partial charge in [-0.25, -0.2) is 8.42 Å². The summed E-state index contributed by atoms with van der Waals surface area (Å²) >= 11 is 3.28. The fourth-order valence-corrected chi connectivity index (χ4v) is 4.30. The van der Waals surface area contributed by atoms with E-state index >= 15 is 0 Å². The summed E-state index contributed by atoms with van der Waals surface area (Å²) in [5.41, 5.74) is 6.86. The summed E-state index contributed by atoms with van der Waals surface area (Å²) in [7, 11) is -3.59. The van der Waals surface area contributed by atoms with E-state index < -0.39 is 10.0 Å². The van der Waals surface area contributed by atoms with Crippen LogP contribution in [0.4, 0.5) is 5.69 Å². The molecule has 0 atom stereocenters. The van der Waals surface area contributed by atoms with E-state index in [9.17, 15) is 8.42 Å². The molecule has 0 aromatic heterocycles. The summed E-state index contributed by atoms with van der Waals surface area (Å²) in [6, 6.07) is 3.13. The van der Waals surface area contributed by atoms with Gasteiger partial charge in [0.15, 0.2) is 0 Å². The van der Waals surface area contributed by atoms with Crippen molar-refractivity contribution >= 4 is 31.6 Å². The van der Waals surface area contributed by atoms with Crippen LogP contribution in [0.1, 0.15) is 19.4 Å². The second kappa shape index (κ2) is 6.07. The van der Waals surface area contributed by atoms with Crippen LogP contribution in [0.2, 0.25) is 0 Å². The van der Waals surface area contributed by atoms with Crippen molar-refractivity contribution < 1.29 is 8.42 Å². The smallest absolute Gasteiger partial charge is 0.243 e. The van der Waals surface area contributed by atoms with Gasteiger partial charge in [0.2, 0.25) is 10.0 Å². The van der Waals surface area contributed by atoms with E-state index in [2.05, 4.69) is 22.5 Å². The normalized spacial score (nSPS) is 12.1. The number of nitrogens with zero attached hydrogens (tertiary/aromatic N) is 1. The Hall–Kier alpha value is -0.850. The molecule has 0 bridgehead atoms. The van der Waals surface area contributed by atoms with E-state index in [1.807, 2.05) is 13.8 Å². The zero-order valence-electron chi connectivity index (χ0n) is 11.4. The first-order valence-corrected chi connectivity index (χ1v) is 8.13. The van der Waals surface area contributed by atoms with Crippen molar-refractivity contribution in [1.82, 2.24) is 4.31 Å². The van der Waals surface area contributed by atoms with Gasteiger partial charge < -0.3 is 5.73 Å². The fourth-order valence-electron chi connectivity index (χ4n) is 1.78. The topological polar surface area (TPSA) is 63.4 Å². The third-order valence-electron chi connectivity index (χ3n) is 2.84. The van der Waals surface area contributed by atoms with E-state index in [1.54, 1.807) is 25.1 Å². The highest BCUT2D eigenvalue weighted by molar-refractivity contribution is 9.10. The molecular formula is C13H19BrN2O2S.